The third-order valence-electron chi connectivity index (χ3n) is 5.91. The van der Waals surface area contributed by atoms with E-state index in [1.165, 1.54) is 12.1 Å². The Labute approximate surface area is 189 Å². The molecule has 174 valence electrons. The van der Waals surface area contributed by atoms with E-state index >= 15 is 0 Å². The molecule has 2 aromatic carbocycles. The lowest BCUT2D eigenvalue weighted by Crippen LogP contribution is -2.41. The first-order chi connectivity index (χ1) is 15.2. The first-order valence-electron chi connectivity index (χ1n) is 11.0. The smallest absolute Gasteiger partial charge is 0.240 e. The lowest BCUT2D eigenvalue weighted by Gasteiger charge is -2.29. The van der Waals surface area contributed by atoms with Gasteiger partial charge in [-0.15, -0.1) is 0 Å². The molecule has 32 heavy (non-hydrogen) atoms. The Morgan fingerprint density at radius 1 is 1.12 bits per heavy atom. The van der Waals surface area contributed by atoms with Crippen molar-refractivity contribution in [2.75, 3.05) is 6.61 Å². The minimum Gasteiger partial charge on any atom is -0.494 e. The summed E-state index contributed by atoms with van der Waals surface area (Å²) in [5, 5.41) is 2.98. The van der Waals surface area contributed by atoms with Gasteiger partial charge < -0.3 is 10.1 Å². The summed E-state index contributed by atoms with van der Waals surface area (Å²) in [7, 11) is -3.65. The largest absolute Gasteiger partial charge is 0.494 e. The van der Waals surface area contributed by atoms with Crippen LogP contribution in [0.15, 0.2) is 47.4 Å². The van der Waals surface area contributed by atoms with Crippen molar-refractivity contribution in [3.63, 3.8) is 0 Å². The van der Waals surface area contributed by atoms with Crippen molar-refractivity contribution in [2.45, 2.75) is 63.4 Å². The van der Waals surface area contributed by atoms with Crippen LogP contribution in [0.5, 0.6) is 5.75 Å². The zero-order chi connectivity index (χ0) is 23.3. The summed E-state index contributed by atoms with van der Waals surface area (Å²) in [6, 6.07) is 10.5. The molecule has 0 unspecified atom stereocenters. The maximum Gasteiger partial charge on any atom is 0.240 e. The molecule has 8 heteroatoms. The number of aryl methyl sites for hydroxylation is 1. The van der Waals surface area contributed by atoms with E-state index in [2.05, 4.69) is 10.0 Å². The van der Waals surface area contributed by atoms with Gasteiger partial charge in [-0.3, -0.25) is 4.79 Å². The first kappa shape index (κ1) is 24.2. The molecule has 0 radical (unpaired) electrons. The average Bonchev–Trinajstić information content (AvgIpc) is 2.76. The third kappa shape index (κ3) is 6.07. The molecule has 1 amide bonds. The van der Waals surface area contributed by atoms with Gasteiger partial charge in [0.2, 0.25) is 15.9 Å². The summed E-state index contributed by atoms with van der Waals surface area (Å²) in [5.41, 5.74) is 1.61. The van der Waals surface area contributed by atoms with Crippen molar-refractivity contribution in [3.8, 4) is 5.75 Å². The quantitative estimate of drug-likeness (QED) is 0.614. The number of ether oxygens (including phenoxy) is 1. The first-order valence-corrected chi connectivity index (χ1v) is 12.5. The summed E-state index contributed by atoms with van der Waals surface area (Å²) >= 11 is 0. The fraction of sp³-hybridized carbons (Fsp3) is 0.458. The Morgan fingerprint density at radius 2 is 1.78 bits per heavy atom. The van der Waals surface area contributed by atoms with E-state index in [0.717, 1.165) is 11.1 Å². The molecule has 1 aliphatic carbocycles. The van der Waals surface area contributed by atoms with Gasteiger partial charge in [0.15, 0.2) is 0 Å². The predicted molar refractivity (Wildman–Crippen MR) is 121 cm³/mol. The monoisotopic (exact) mass is 462 g/mol. The van der Waals surface area contributed by atoms with Gasteiger partial charge in [-0.2, -0.15) is 0 Å². The predicted octanol–water partition coefficient (Wildman–Crippen LogP) is 4.25. The van der Waals surface area contributed by atoms with Gasteiger partial charge in [0.1, 0.15) is 11.6 Å². The second kappa shape index (κ2) is 10.4. The Hall–Kier alpha value is -2.45. The highest BCUT2D eigenvalue weighted by molar-refractivity contribution is 7.89. The van der Waals surface area contributed by atoms with Gasteiger partial charge in [0, 0.05) is 12.0 Å². The minimum absolute atomic E-state index is 0.0507. The normalized spacial score (nSPS) is 19.9. The van der Waals surface area contributed by atoms with Crippen molar-refractivity contribution >= 4 is 15.9 Å². The van der Waals surface area contributed by atoms with Crippen LogP contribution < -0.4 is 14.8 Å². The number of carbonyl (C=O) groups excluding carboxylic acids is 1. The highest BCUT2D eigenvalue weighted by Crippen LogP contribution is 2.28. The van der Waals surface area contributed by atoms with Crippen molar-refractivity contribution in [1.29, 1.82) is 0 Å². The van der Waals surface area contributed by atoms with Gasteiger partial charge >= 0.3 is 0 Å². The number of halogens is 1. The molecule has 6 nitrogen and oxygen atoms in total. The highest BCUT2D eigenvalue weighted by atomic mass is 32.2. The van der Waals surface area contributed by atoms with Crippen LogP contribution in [0.3, 0.4) is 0 Å². The fourth-order valence-electron chi connectivity index (χ4n) is 4.03. The standard InChI is InChI=1S/C24H31FN2O4S/c1-4-31-23-14-13-22(15-16(23)2)32(29,30)27-21-11-7-19(8-12-21)24(28)26-17(3)18-5-9-20(25)10-6-18/h5-6,9-10,13-15,17,19,21,27H,4,7-8,11-12H2,1-3H3,(H,26,28)/t17-,19?,21?/m1/s1. The second-order valence-corrected chi connectivity index (χ2v) is 10.0. The number of rotatable bonds is 8. The molecule has 1 aliphatic rings. The summed E-state index contributed by atoms with van der Waals surface area (Å²) in [5.74, 6) is 0.151. The number of hydrogen-bond acceptors (Lipinski definition) is 4. The average molecular weight is 463 g/mol. The summed E-state index contributed by atoms with van der Waals surface area (Å²) in [6.07, 6.45) is 2.41. The molecule has 0 bridgehead atoms. The zero-order valence-electron chi connectivity index (χ0n) is 18.7. The highest BCUT2D eigenvalue weighted by Gasteiger charge is 2.30. The zero-order valence-corrected chi connectivity index (χ0v) is 19.5. The molecular weight excluding hydrogens is 431 g/mol. The lowest BCUT2D eigenvalue weighted by molar-refractivity contribution is -0.126. The van der Waals surface area contributed by atoms with E-state index in [9.17, 15) is 17.6 Å². The van der Waals surface area contributed by atoms with Gasteiger partial charge in [-0.05, 0) is 87.9 Å². The fourth-order valence-corrected chi connectivity index (χ4v) is 5.42. The Balaban J connectivity index is 1.53. The van der Waals surface area contributed by atoms with Crippen LogP contribution in [-0.4, -0.2) is 27.0 Å². The van der Waals surface area contributed by atoms with E-state index in [4.69, 9.17) is 4.74 Å². The Bertz CT molecular complexity index is 1030. The van der Waals surface area contributed by atoms with E-state index in [1.807, 2.05) is 20.8 Å². The number of sulfonamides is 1. The van der Waals surface area contributed by atoms with E-state index in [-0.39, 0.29) is 34.6 Å². The molecule has 1 saturated carbocycles. The van der Waals surface area contributed by atoms with Crippen LogP contribution in [0.4, 0.5) is 4.39 Å². The van der Waals surface area contributed by atoms with E-state index < -0.39 is 10.0 Å². The SMILES string of the molecule is CCOc1ccc(S(=O)(=O)NC2CCC(C(=O)N[C@H](C)c3ccc(F)cc3)CC2)cc1C. The third-order valence-corrected chi connectivity index (χ3v) is 7.42. The Kier molecular flexibility index (Phi) is 7.90. The molecular formula is C24H31FN2O4S. The van der Waals surface area contributed by atoms with Gasteiger partial charge in [0.05, 0.1) is 17.5 Å². The van der Waals surface area contributed by atoms with Crippen LogP contribution in [0.25, 0.3) is 0 Å². The molecule has 1 fully saturated rings. The molecule has 0 saturated heterocycles. The maximum atomic E-state index is 13.1. The van der Waals surface area contributed by atoms with Crippen molar-refractivity contribution in [1.82, 2.24) is 10.0 Å². The molecule has 2 aromatic rings. The van der Waals surface area contributed by atoms with E-state index in [1.54, 1.807) is 30.3 Å². The van der Waals surface area contributed by atoms with E-state index in [0.29, 0.717) is 38.0 Å². The van der Waals surface area contributed by atoms with Crippen LogP contribution in [0.1, 0.15) is 56.7 Å². The lowest BCUT2D eigenvalue weighted by atomic mass is 9.85. The maximum absolute atomic E-state index is 13.1. The Morgan fingerprint density at radius 3 is 2.38 bits per heavy atom. The molecule has 0 aliphatic heterocycles. The number of benzene rings is 2. The minimum atomic E-state index is -3.65. The summed E-state index contributed by atoms with van der Waals surface area (Å²) in [6.45, 7) is 6.08. The molecule has 0 aromatic heterocycles. The van der Waals surface area contributed by atoms with Crippen LogP contribution in [0.2, 0.25) is 0 Å². The van der Waals surface area contributed by atoms with Crippen LogP contribution in [0, 0.1) is 18.7 Å². The summed E-state index contributed by atoms with van der Waals surface area (Å²) < 4.78 is 47.0. The number of carbonyl (C=O) groups is 1. The number of hydrogen-bond donors (Lipinski definition) is 2. The van der Waals surface area contributed by atoms with Crippen molar-refractivity contribution in [3.05, 3.63) is 59.4 Å². The van der Waals surface area contributed by atoms with Crippen LogP contribution in [-0.2, 0) is 14.8 Å². The topological polar surface area (TPSA) is 84.5 Å². The van der Waals surface area contributed by atoms with Crippen molar-refractivity contribution < 1.29 is 22.3 Å². The molecule has 1 atom stereocenters. The molecule has 3 rings (SSSR count). The number of amides is 1. The second-order valence-electron chi connectivity index (χ2n) is 8.31. The molecule has 2 N–H and O–H groups in total. The van der Waals surface area contributed by atoms with Gasteiger partial charge in [-0.25, -0.2) is 17.5 Å². The van der Waals surface area contributed by atoms with Crippen molar-refractivity contribution in [2.24, 2.45) is 5.92 Å². The summed E-state index contributed by atoms with van der Waals surface area (Å²) in [4.78, 5) is 12.9. The van der Waals surface area contributed by atoms with Gasteiger partial charge in [-0.1, -0.05) is 12.1 Å². The molecule has 0 heterocycles. The number of nitrogens with one attached hydrogen (secondary N) is 2. The van der Waals surface area contributed by atoms with Crippen LogP contribution >= 0.6 is 0 Å². The molecule has 0 spiro atoms. The van der Waals surface area contributed by atoms with Gasteiger partial charge in [0.25, 0.3) is 0 Å².